The molecule has 2 aromatic carbocycles. The third-order valence-corrected chi connectivity index (χ3v) is 4.64. The van der Waals surface area contributed by atoms with Crippen molar-refractivity contribution in [2.75, 3.05) is 23.9 Å². The van der Waals surface area contributed by atoms with E-state index >= 15 is 0 Å². The second kappa shape index (κ2) is 11.6. The number of halogens is 1. The van der Waals surface area contributed by atoms with Gasteiger partial charge in [0.15, 0.2) is 6.61 Å². The number of thioether (sulfide) groups is 1. The van der Waals surface area contributed by atoms with Gasteiger partial charge in [-0.3, -0.25) is 19.7 Å². The van der Waals surface area contributed by atoms with Crippen molar-refractivity contribution in [1.29, 1.82) is 0 Å². The predicted molar refractivity (Wildman–Crippen MR) is 113 cm³/mol. The normalized spacial score (nSPS) is 11.3. The van der Waals surface area contributed by atoms with E-state index in [1.165, 1.54) is 54.2 Å². The fourth-order valence-corrected chi connectivity index (χ4v) is 2.93. The van der Waals surface area contributed by atoms with Crippen LogP contribution < -0.4 is 10.6 Å². The Bertz CT molecular complexity index is 954. The molecule has 0 fully saturated rings. The summed E-state index contributed by atoms with van der Waals surface area (Å²) in [5.74, 6) is -2.06. The quantitative estimate of drug-likeness (QED) is 0.324. The number of non-ortho nitro benzene ring substituents is 1. The average molecular weight is 449 g/mol. The number of hydrogen-bond acceptors (Lipinski definition) is 7. The number of amides is 2. The molecule has 0 bridgehead atoms. The lowest BCUT2D eigenvalue weighted by Gasteiger charge is -2.17. The van der Waals surface area contributed by atoms with Gasteiger partial charge in [-0.1, -0.05) is 6.07 Å². The number of benzene rings is 2. The van der Waals surface area contributed by atoms with Crippen molar-refractivity contribution in [1.82, 2.24) is 5.32 Å². The molecule has 2 rings (SSSR count). The Balaban J connectivity index is 1.97. The molecular formula is C20H20FN3O6S. The van der Waals surface area contributed by atoms with Crippen LogP contribution in [0.25, 0.3) is 0 Å². The predicted octanol–water partition coefficient (Wildman–Crippen LogP) is 2.77. The zero-order valence-electron chi connectivity index (χ0n) is 16.5. The summed E-state index contributed by atoms with van der Waals surface area (Å²) >= 11 is 1.45. The van der Waals surface area contributed by atoms with Gasteiger partial charge in [0.1, 0.15) is 11.9 Å². The standard InChI is InChI=1S/C20H20FN3O6S/c1-31-10-9-17(23-19(26)13-3-2-4-16(11-13)24(28)29)20(27)30-12-18(25)22-15-7-5-14(21)6-8-15/h2-8,11,17H,9-10,12H2,1H3,(H,22,25)(H,23,26). The SMILES string of the molecule is CSCCC(NC(=O)c1cccc([N+](=O)[O-])c1)C(=O)OCC(=O)Nc1ccc(F)cc1. The molecule has 11 heteroatoms. The van der Waals surface area contributed by atoms with Crippen LogP contribution in [0.4, 0.5) is 15.8 Å². The van der Waals surface area contributed by atoms with Gasteiger partial charge in [0.2, 0.25) is 0 Å². The first kappa shape index (κ1) is 23.8. The summed E-state index contributed by atoms with van der Waals surface area (Å²) in [6.45, 7) is -0.599. The van der Waals surface area contributed by atoms with Crippen molar-refractivity contribution < 1.29 is 28.4 Å². The highest BCUT2D eigenvalue weighted by molar-refractivity contribution is 7.98. The highest BCUT2D eigenvalue weighted by Gasteiger charge is 2.24. The summed E-state index contributed by atoms with van der Waals surface area (Å²) in [5, 5.41) is 15.8. The van der Waals surface area contributed by atoms with Gasteiger partial charge in [-0.2, -0.15) is 11.8 Å². The number of nitrogens with one attached hydrogen (secondary N) is 2. The molecule has 164 valence electrons. The van der Waals surface area contributed by atoms with E-state index in [1.807, 2.05) is 6.26 Å². The first-order valence-corrected chi connectivity index (χ1v) is 10.5. The number of rotatable bonds is 10. The molecule has 1 atom stereocenters. The highest BCUT2D eigenvalue weighted by atomic mass is 32.2. The Labute approximate surface area is 181 Å². The van der Waals surface area contributed by atoms with Crippen LogP contribution in [0.5, 0.6) is 0 Å². The number of hydrogen-bond donors (Lipinski definition) is 2. The van der Waals surface area contributed by atoms with Gasteiger partial charge >= 0.3 is 5.97 Å². The first-order valence-electron chi connectivity index (χ1n) is 9.06. The van der Waals surface area contributed by atoms with Crippen molar-refractivity contribution in [2.45, 2.75) is 12.5 Å². The number of carbonyl (C=O) groups excluding carboxylic acids is 3. The van der Waals surface area contributed by atoms with Crippen LogP contribution in [-0.2, 0) is 14.3 Å². The molecule has 0 aromatic heterocycles. The summed E-state index contributed by atoms with van der Waals surface area (Å²) in [6, 6.07) is 9.10. The van der Waals surface area contributed by atoms with E-state index < -0.39 is 41.2 Å². The van der Waals surface area contributed by atoms with Crippen molar-refractivity contribution >= 4 is 40.9 Å². The van der Waals surface area contributed by atoms with E-state index in [2.05, 4.69) is 10.6 Å². The molecule has 9 nitrogen and oxygen atoms in total. The summed E-state index contributed by atoms with van der Waals surface area (Å²) in [4.78, 5) is 47.1. The Morgan fingerprint density at radius 1 is 1.19 bits per heavy atom. The van der Waals surface area contributed by atoms with E-state index in [0.717, 1.165) is 6.07 Å². The van der Waals surface area contributed by atoms with Crippen LogP contribution >= 0.6 is 11.8 Å². The molecule has 2 N–H and O–H groups in total. The molecule has 2 aromatic rings. The summed E-state index contributed by atoms with van der Waals surface area (Å²) in [5.41, 5.74) is 0.0962. The monoisotopic (exact) mass is 449 g/mol. The molecule has 2 amide bonds. The largest absolute Gasteiger partial charge is 0.454 e. The van der Waals surface area contributed by atoms with Crippen molar-refractivity contribution in [3.63, 3.8) is 0 Å². The maximum absolute atomic E-state index is 12.9. The molecule has 0 spiro atoms. The zero-order valence-corrected chi connectivity index (χ0v) is 17.3. The molecule has 0 aliphatic rings. The molecule has 31 heavy (non-hydrogen) atoms. The van der Waals surface area contributed by atoms with Gasteiger partial charge in [-0.25, -0.2) is 9.18 Å². The first-order chi connectivity index (χ1) is 14.8. The number of carbonyl (C=O) groups is 3. The Morgan fingerprint density at radius 3 is 2.55 bits per heavy atom. The van der Waals surface area contributed by atoms with Gasteiger partial charge in [0.05, 0.1) is 4.92 Å². The summed E-state index contributed by atoms with van der Waals surface area (Å²) < 4.78 is 17.9. The molecule has 0 radical (unpaired) electrons. The Hall–Kier alpha value is -3.47. The molecule has 1 unspecified atom stereocenters. The number of nitro benzene ring substituents is 1. The van der Waals surface area contributed by atoms with Gasteiger partial charge in [-0.15, -0.1) is 0 Å². The van der Waals surface area contributed by atoms with Crippen LogP contribution in [0.15, 0.2) is 48.5 Å². The minimum Gasteiger partial charge on any atom is -0.454 e. The van der Waals surface area contributed by atoms with Crippen LogP contribution in [0.2, 0.25) is 0 Å². The van der Waals surface area contributed by atoms with Gasteiger partial charge in [0.25, 0.3) is 17.5 Å². The van der Waals surface area contributed by atoms with Crippen molar-refractivity contribution in [3.05, 3.63) is 70.0 Å². The lowest BCUT2D eigenvalue weighted by atomic mass is 10.1. The van der Waals surface area contributed by atoms with Crippen LogP contribution in [-0.4, -0.2) is 47.4 Å². The zero-order chi connectivity index (χ0) is 22.8. The number of anilines is 1. The molecule has 0 aliphatic carbocycles. The third kappa shape index (κ3) is 7.70. The van der Waals surface area contributed by atoms with E-state index in [9.17, 15) is 28.9 Å². The third-order valence-electron chi connectivity index (χ3n) is 3.99. The lowest BCUT2D eigenvalue weighted by Crippen LogP contribution is -2.43. The fraction of sp³-hybridized carbons (Fsp3) is 0.250. The lowest BCUT2D eigenvalue weighted by molar-refractivity contribution is -0.384. The highest BCUT2D eigenvalue weighted by Crippen LogP contribution is 2.14. The molecular weight excluding hydrogens is 429 g/mol. The Kier molecular flexibility index (Phi) is 8.94. The van der Waals surface area contributed by atoms with Crippen LogP contribution in [0.3, 0.4) is 0 Å². The smallest absolute Gasteiger partial charge is 0.329 e. The van der Waals surface area contributed by atoms with Crippen molar-refractivity contribution in [2.24, 2.45) is 0 Å². The maximum Gasteiger partial charge on any atom is 0.329 e. The van der Waals surface area contributed by atoms with E-state index in [1.54, 1.807) is 0 Å². The van der Waals surface area contributed by atoms with Gasteiger partial charge < -0.3 is 15.4 Å². The number of nitrogens with zero attached hydrogens (tertiary/aromatic N) is 1. The van der Waals surface area contributed by atoms with Crippen LogP contribution in [0, 0.1) is 15.9 Å². The second-order valence-corrected chi connectivity index (χ2v) is 7.26. The van der Waals surface area contributed by atoms with Crippen molar-refractivity contribution in [3.8, 4) is 0 Å². The molecule has 0 heterocycles. The Morgan fingerprint density at radius 2 is 1.90 bits per heavy atom. The number of ether oxygens (including phenoxy) is 1. The van der Waals surface area contributed by atoms with Crippen LogP contribution in [0.1, 0.15) is 16.8 Å². The maximum atomic E-state index is 12.9. The average Bonchev–Trinajstić information content (AvgIpc) is 2.76. The number of nitro groups is 1. The summed E-state index contributed by atoms with van der Waals surface area (Å²) in [7, 11) is 0. The number of esters is 1. The summed E-state index contributed by atoms with van der Waals surface area (Å²) in [6.07, 6.45) is 2.06. The second-order valence-electron chi connectivity index (χ2n) is 6.28. The molecule has 0 saturated heterocycles. The van der Waals surface area contributed by atoms with E-state index in [0.29, 0.717) is 11.4 Å². The van der Waals surface area contributed by atoms with E-state index in [-0.39, 0.29) is 17.7 Å². The minimum atomic E-state index is -1.04. The molecule has 0 saturated carbocycles. The topological polar surface area (TPSA) is 128 Å². The van der Waals surface area contributed by atoms with Gasteiger partial charge in [-0.05, 0) is 48.8 Å². The molecule has 0 aliphatic heterocycles. The van der Waals surface area contributed by atoms with E-state index in [4.69, 9.17) is 4.74 Å². The minimum absolute atomic E-state index is 0.0187. The fourth-order valence-electron chi connectivity index (χ4n) is 2.45. The van der Waals surface area contributed by atoms with Gasteiger partial charge in [0, 0.05) is 23.4 Å².